The number of hydroxylamine groups is 1. The minimum atomic E-state index is -1.45. The first kappa shape index (κ1) is 10.3. The SMILES string of the molecule is C[N+]([O-])=NC(CO)(CO)CO. The Morgan fingerprint density at radius 3 is 1.73 bits per heavy atom. The van der Waals surface area contributed by atoms with Crippen LogP contribution < -0.4 is 0 Å². The summed E-state index contributed by atoms with van der Waals surface area (Å²) in [5, 5.41) is 39.6. The summed E-state index contributed by atoms with van der Waals surface area (Å²) in [5.74, 6) is 0. The minimum absolute atomic E-state index is 0.197. The predicted molar refractivity (Wildman–Crippen MR) is 36.0 cm³/mol. The fraction of sp³-hybridized carbons (Fsp3) is 1.00. The number of aliphatic hydroxyl groups excluding tert-OH is 3. The van der Waals surface area contributed by atoms with Crippen LogP contribution in [0.25, 0.3) is 0 Å². The van der Waals surface area contributed by atoms with Gasteiger partial charge in [-0.25, -0.2) is 0 Å². The fourth-order valence-corrected chi connectivity index (χ4v) is 0.544. The molecule has 0 fully saturated rings. The van der Waals surface area contributed by atoms with Crippen molar-refractivity contribution in [2.45, 2.75) is 5.54 Å². The second-order valence-corrected chi connectivity index (χ2v) is 2.26. The van der Waals surface area contributed by atoms with Crippen LogP contribution >= 0.6 is 0 Å². The number of rotatable bonds is 4. The highest BCUT2D eigenvalue weighted by molar-refractivity contribution is 4.83. The molecule has 0 aliphatic heterocycles. The fourth-order valence-electron chi connectivity index (χ4n) is 0.544. The van der Waals surface area contributed by atoms with Gasteiger partial charge in [0.15, 0.2) is 12.6 Å². The number of hydrogen-bond acceptors (Lipinski definition) is 5. The molecular weight excluding hydrogens is 152 g/mol. The van der Waals surface area contributed by atoms with Crippen LogP contribution in [0.15, 0.2) is 5.11 Å². The van der Waals surface area contributed by atoms with Crippen LogP contribution in [0.5, 0.6) is 0 Å². The van der Waals surface area contributed by atoms with Gasteiger partial charge in [0, 0.05) is 0 Å². The first-order chi connectivity index (χ1) is 5.10. The first-order valence-corrected chi connectivity index (χ1v) is 3.06. The molecule has 3 N–H and O–H groups in total. The lowest BCUT2D eigenvalue weighted by Gasteiger charge is -2.18. The molecule has 6 nitrogen and oxygen atoms in total. The predicted octanol–water partition coefficient (Wildman–Crippen LogP) is -1.71. The van der Waals surface area contributed by atoms with Gasteiger partial charge in [0.2, 0.25) is 0 Å². The van der Waals surface area contributed by atoms with Gasteiger partial charge in [0.25, 0.3) is 0 Å². The molecule has 11 heavy (non-hydrogen) atoms. The van der Waals surface area contributed by atoms with Crippen molar-refractivity contribution < 1.29 is 20.2 Å². The van der Waals surface area contributed by atoms with Gasteiger partial charge in [-0.15, -0.1) is 0 Å². The molecule has 0 aromatic carbocycles. The molecule has 6 heteroatoms. The molecule has 0 bridgehead atoms. The Labute approximate surface area is 64.0 Å². The van der Waals surface area contributed by atoms with Crippen molar-refractivity contribution in [2.24, 2.45) is 5.11 Å². The van der Waals surface area contributed by atoms with Gasteiger partial charge in [0.1, 0.15) is 0 Å². The van der Waals surface area contributed by atoms with Crippen LogP contribution in [-0.4, -0.2) is 52.6 Å². The minimum Gasteiger partial charge on any atom is -0.600 e. The number of nitrogens with zero attached hydrogens (tertiary/aromatic N) is 2. The van der Waals surface area contributed by atoms with Gasteiger partial charge < -0.3 is 20.5 Å². The molecule has 0 rings (SSSR count). The van der Waals surface area contributed by atoms with Gasteiger partial charge >= 0.3 is 0 Å². The van der Waals surface area contributed by atoms with E-state index in [4.69, 9.17) is 15.3 Å². The highest BCUT2D eigenvalue weighted by Gasteiger charge is 2.31. The first-order valence-electron chi connectivity index (χ1n) is 3.06. The Kier molecular flexibility index (Phi) is 3.94. The van der Waals surface area contributed by atoms with Crippen LogP contribution in [0.1, 0.15) is 0 Å². The third-order valence-corrected chi connectivity index (χ3v) is 1.24. The highest BCUT2D eigenvalue weighted by Crippen LogP contribution is 2.07. The van der Waals surface area contributed by atoms with E-state index in [1.807, 2.05) is 0 Å². The average Bonchev–Trinajstić information content (AvgIpc) is 2.00. The third kappa shape index (κ3) is 2.79. The van der Waals surface area contributed by atoms with Gasteiger partial charge in [-0.2, -0.15) is 0 Å². The summed E-state index contributed by atoms with van der Waals surface area (Å²) in [4.78, 5) is 0.197. The Morgan fingerprint density at radius 2 is 1.64 bits per heavy atom. The van der Waals surface area contributed by atoms with Gasteiger partial charge in [-0.3, -0.25) is 0 Å². The zero-order chi connectivity index (χ0) is 8.91. The van der Waals surface area contributed by atoms with E-state index in [1.165, 1.54) is 0 Å². The third-order valence-electron chi connectivity index (χ3n) is 1.24. The molecule has 0 aliphatic carbocycles. The summed E-state index contributed by atoms with van der Waals surface area (Å²) in [6.45, 7) is -1.69. The molecule has 66 valence electrons. The molecule has 0 amide bonds. The standard InChI is InChI=1S/C5H12N2O4/c1-7(11)6-5(2-8,3-9)4-10/h8-10H,2-4H2,1H3. The topological polar surface area (TPSA) is 99.1 Å². The molecule has 0 saturated carbocycles. The molecule has 0 aromatic rings. The van der Waals surface area contributed by atoms with Crippen LogP contribution in [0.2, 0.25) is 0 Å². The molecule has 0 heterocycles. The van der Waals surface area contributed by atoms with E-state index in [0.717, 1.165) is 7.05 Å². The largest absolute Gasteiger partial charge is 0.600 e. The average molecular weight is 164 g/mol. The molecule has 0 radical (unpaired) electrons. The van der Waals surface area contributed by atoms with Gasteiger partial charge in [0.05, 0.1) is 19.8 Å². The van der Waals surface area contributed by atoms with Gasteiger partial charge in [-0.05, 0) is 5.11 Å². The van der Waals surface area contributed by atoms with E-state index in [-0.39, 0.29) is 4.86 Å². The lowest BCUT2D eigenvalue weighted by molar-refractivity contribution is -0.508. The number of hydrogen-bond donors (Lipinski definition) is 3. The van der Waals surface area contributed by atoms with E-state index < -0.39 is 25.4 Å². The zero-order valence-electron chi connectivity index (χ0n) is 6.27. The summed E-state index contributed by atoms with van der Waals surface area (Å²) in [5.41, 5.74) is -1.45. The maximum Gasteiger partial charge on any atom is 0.192 e. The van der Waals surface area contributed by atoms with E-state index >= 15 is 0 Å². The molecule has 0 atom stereocenters. The van der Waals surface area contributed by atoms with E-state index in [1.54, 1.807) is 0 Å². The Balaban J connectivity index is 4.42. The van der Waals surface area contributed by atoms with Crippen molar-refractivity contribution >= 4 is 0 Å². The summed E-state index contributed by atoms with van der Waals surface area (Å²) >= 11 is 0. The maximum absolute atomic E-state index is 10.4. The Bertz CT molecular complexity index is 131. The van der Waals surface area contributed by atoms with Crippen molar-refractivity contribution in [3.63, 3.8) is 0 Å². The van der Waals surface area contributed by atoms with Crippen molar-refractivity contribution in [1.29, 1.82) is 0 Å². The van der Waals surface area contributed by atoms with Crippen LogP contribution in [0.4, 0.5) is 0 Å². The molecule has 0 unspecified atom stereocenters. The number of aliphatic hydroxyl groups is 3. The Morgan fingerprint density at radius 1 is 1.27 bits per heavy atom. The van der Waals surface area contributed by atoms with E-state index in [2.05, 4.69) is 5.11 Å². The van der Waals surface area contributed by atoms with Crippen LogP contribution in [-0.2, 0) is 0 Å². The zero-order valence-corrected chi connectivity index (χ0v) is 6.27. The molecule has 0 aromatic heterocycles. The lowest BCUT2D eigenvalue weighted by atomic mass is 10.1. The van der Waals surface area contributed by atoms with Crippen molar-refractivity contribution in [2.75, 3.05) is 26.9 Å². The highest BCUT2D eigenvalue weighted by atomic mass is 16.5. The smallest absolute Gasteiger partial charge is 0.192 e. The van der Waals surface area contributed by atoms with Crippen LogP contribution in [0, 0.1) is 5.21 Å². The van der Waals surface area contributed by atoms with Crippen molar-refractivity contribution in [3.8, 4) is 0 Å². The monoisotopic (exact) mass is 164 g/mol. The second kappa shape index (κ2) is 4.22. The summed E-state index contributed by atoms with van der Waals surface area (Å²) in [6, 6.07) is 0. The quantitative estimate of drug-likeness (QED) is 0.262. The van der Waals surface area contributed by atoms with Crippen LogP contribution in [0.3, 0.4) is 0 Å². The molecular formula is C5H12N2O4. The number of azo groups is 1. The molecule has 0 saturated heterocycles. The van der Waals surface area contributed by atoms with E-state index in [0.29, 0.717) is 0 Å². The normalized spacial score (nSPS) is 13.6. The lowest BCUT2D eigenvalue weighted by Crippen LogP contribution is -2.40. The summed E-state index contributed by atoms with van der Waals surface area (Å²) < 4.78 is 0. The summed E-state index contributed by atoms with van der Waals surface area (Å²) in [6.07, 6.45) is 0. The molecule has 0 aliphatic rings. The Hall–Kier alpha value is -0.720. The van der Waals surface area contributed by atoms with E-state index in [9.17, 15) is 5.21 Å². The van der Waals surface area contributed by atoms with Crippen molar-refractivity contribution in [1.82, 2.24) is 0 Å². The summed E-state index contributed by atoms with van der Waals surface area (Å²) in [7, 11) is 1.11. The van der Waals surface area contributed by atoms with Gasteiger partial charge in [-0.1, -0.05) is 4.86 Å². The van der Waals surface area contributed by atoms with Crippen molar-refractivity contribution in [3.05, 3.63) is 5.21 Å². The second-order valence-electron chi connectivity index (χ2n) is 2.26. The molecule has 0 spiro atoms. The maximum atomic E-state index is 10.4.